The second-order valence-electron chi connectivity index (χ2n) is 8.70. The summed E-state index contributed by atoms with van der Waals surface area (Å²) in [6.07, 6.45) is 1.25. The molecule has 0 bridgehead atoms. The number of nitrogens with zero attached hydrogens (tertiary/aromatic N) is 3. The average molecular weight is 496 g/mol. The molecule has 2 N–H and O–H groups in total. The maximum Gasteiger partial charge on any atom is 0.416 e. The fourth-order valence-electron chi connectivity index (χ4n) is 3.54. The first-order valence-electron chi connectivity index (χ1n) is 11.9. The van der Waals surface area contributed by atoms with Gasteiger partial charge < -0.3 is 19.9 Å². The van der Waals surface area contributed by atoms with Crippen LogP contribution in [0.4, 0.5) is 23.4 Å². The van der Waals surface area contributed by atoms with Crippen LogP contribution in [0, 0.1) is 5.82 Å². The second kappa shape index (κ2) is 11.3. The third-order valence-corrected chi connectivity index (χ3v) is 5.84. The average Bonchev–Trinajstić information content (AvgIpc) is 3.78. The molecule has 1 aliphatic carbocycles. The van der Waals surface area contributed by atoms with Crippen LogP contribution >= 0.6 is 0 Å². The summed E-state index contributed by atoms with van der Waals surface area (Å²) >= 11 is 0. The smallest absolute Gasteiger partial charge is 0.370 e. The van der Waals surface area contributed by atoms with E-state index in [1.807, 2.05) is 25.8 Å². The maximum absolute atomic E-state index is 14.1. The number of ether oxygens (including phenoxy) is 1. The van der Waals surface area contributed by atoms with Crippen molar-refractivity contribution >= 4 is 16.9 Å². The van der Waals surface area contributed by atoms with Crippen LogP contribution in [0.2, 0.25) is 0 Å². The van der Waals surface area contributed by atoms with Crippen molar-refractivity contribution in [1.29, 1.82) is 0 Å². The number of aromatic nitrogens is 3. The molecule has 5 rings (SSSR count). The molecule has 3 aromatic rings. The standard InChI is InChI=1S/C17H14F4N4.C6H13NO.C2H6/c18-13-7-22-15-14(13)16(24-9-23-15)25(12-5-6-12)8-10-1-3-11(4-2-10)17(19,20)21;1-6(5-8-6)3-4-7-2;1-2/h1-4,7,9,12H,5-6,8H2,(H,22,23,24);7H,3-5H2,1-2H3;1-2H3. The van der Waals surface area contributed by atoms with Crippen molar-refractivity contribution in [3.8, 4) is 0 Å². The lowest BCUT2D eigenvalue weighted by Crippen LogP contribution is -2.26. The number of H-pyrrole nitrogens is 1. The van der Waals surface area contributed by atoms with Gasteiger partial charge in [0.1, 0.15) is 17.8 Å². The Balaban J connectivity index is 0.000000289. The van der Waals surface area contributed by atoms with Crippen molar-refractivity contribution < 1.29 is 22.3 Å². The molecule has 10 heteroatoms. The Bertz CT molecular complexity index is 1080. The van der Waals surface area contributed by atoms with Gasteiger partial charge in [0.15, 0.2) is 5.82 Å². The molecule has 0 radical (unpaired) electrons. The van der Waals surface area contributed by atoms with E-state index in [0.717, 1.165) is 44.5 Å². The van der Waals surface area contributed by atoms with Gasteiger partial charge in [0, 0.05) is 18.8 Å². The fourth-order valence-corrected chi connectivity index (χ4v) is 3.54. The molecule has 2 fully saturated rings. The number of benzene rings is 1. The van der Waals surface area contributed by atoms with Crippen LogP contribution in [-0.2, 0) is 17.5 Å². The molecule has 1 aromatic carbocycles. The van der Waals surface area contributed by atoms with E-state index >= 15 is 0 Å². The topological polar surface area (TPSA) is 69.4 Å². The highest BCUT2D eigenvalue weighted by Gasteiger charge is 2.38. The molecule has 192 valence electrons. The number of alkyl halides is 3. The number of halogens is 4. The lowest BCUT2D eigenvalue weighted by atomic mass is 10.1. The van der Waals surface area contributed by atoms with E-state index < -0.39 is 17.6 Å². The maximum atomic E-state index is 14.1. The molecular weight excluding hydrogens is 462 g/mol. The Morgan fingerprint density at radius 3 is 2.37 bits per heavy atom. The van der Waals surface area contributed by atoms with Crippen molar-refractivity contribution in [2.24, 2.45) is 0 Å². The summed E-state index contributed by atoms with van der Waals surface area (Å²) in [6, 6.07) is 5.23. The summed E-state index contributed by atoms with van der Waals surface area (Å²) in [6.45, 7) is 8.52. The first kappa shape index (κ1) is 26.9. The predicted octanol–water partition coefficient (Wildman–Crippen LogP) is 5.70. The predicted molar refractivity (Wildman–Crippen MR) is 129 cm³/mol. The summed E-state index contributed by atoms with van der Waals surface area (Å²) in [5, 5.41) is 3.39. The van der Waals surface area contributed by atoms with E-state index in [0.29, 0.717) is 29.0 Å². The fraction of sp³-hybridized carbons (Fsp3) is 0.520. The van der Waals surface area contributed by atoms with Gasteiger partial charge in [-0.1, -0.05) is 26.0 Å². The highest BCUT2D eigenvalue weighted by Crippen LogP contribution is 2.36. The summed E-state index contributed by atoms with van der Waals surface area (Å²) < 4.78 is 57.4. The van der Waals surface area contributed by atoms with Gasteiger partial charge in [-0.15, -0.1) is 0 Å². The van der Waals surface area contributed by atoms with Crippen LogP contribution in [0.1, 0.15) is 51.2 Å². The number of epoxide rings is 1. The van der Waals surface area contributed by atoms with Crippen LogP contribution in [0.25, 0.3) is 11.0 Å². The van der Waals surface area contributed by atoms with Gasteiger partial charge >= 0.3 is 6.18 Å². The van der Waals surface area contributed by atoms with Gasteiger partial charge in [-0.3, -0.25) is 0 Å². The molecule has 1 saturated carbocycles. The summed E-state index contributed by atoms with van der Waals surface area (Å²) in [7, 11) is 1.96. The van der Waals surface area contributed by atoms with Crippen molar-refractivity contribution in [2.75, 3.05) is 25.1 Å². The lowest BCUT2D eigenvalue weighted by Gasteiger charge is -2.24. The first-order valence-corrected chi connectivity index (χ1v) is 11.9. The molecule has 35 heavy (non-hydrogen) atoms. The molecule has 1 unspecified atom stereocenters. The van der Waals surface area contributed by atoms with E-state index in [4.69, 9.17) is 4.74 Å². The van der Waals surface area contributed by atoms with Gasteiger partial charge in [-0.05, 0) is 57.5 Å². The number of anilines is 1. The van der Waals surface area contributed by atoms with Crippen molar-refractivity contribution in [3.05, 3.63) is 53.7 Å². The zero-order chi connectivity index (χ0) is 25.6. The Hall–Kier alpha value is -2.72. The van der Waals surface area contributed by atoms with Crippen molar-refractivity contribution in [3.63, 3.8) is 0 Å². The number of hydrogen-bond donors (Lipinski definition) is 2. The van der Waals surface area contributed by atoms with Gasteiger partial charge in [0.05, 0.1) is 23.2 Å². The van der Waals surface area contributed by atoms with Gasteiger partial charge in [-0.25, -0.2) is 14.4 Å². The van der Waals surface area contributed by atoms with Crippen LogP contribution in [0.15, 0.2) is 36.8 Å². The van der Waals surface area contributed by atoms with Gasteiger partial charge in [0.25, 0.3) is 0 Å². The van der Waals surface area contributed by atoms with Crippen LogP contribution in [0.5, 0.6) is 0 Å². The number of hydrogen-bond acceptors (Lipinski definition) is 5. The summed E-state index contributed by atoms with van der Waals surface area (Å²) in [5.74, 6) is 0.0230. The number of fused-ring (bicyclic) bond motifs is 1. The van der Waals surface area contributed by atoms with E-state index in [2.05, 4.69) is 27.2 Å². The van der Waals surface area contributed by atoms with E-state index in [1.54, 1.807) is 0 Å². The molecule has 0 amide bonds. The van der Waals surface area contributed by atoms with Crippen molar-refractivity contribution in [2.45, 2.75) is 64.4 Å². The number of aromatic amines is 1. The Morgan fingerprint density at radius 1 is 1.17 bits per heavy atom. The van der Waals surface area contributed by atoms with Gasteiger partial charge in [0.2, 0.25) is 0 Å². The normalized spacial score (nSPS) is 18.9. The zero-order valence-electron chi connectivity index (χ0n) is 20.5. The molecule has 1 saturated heterocycles. The quantitative estimate of drug-likeness (QED) is 0.325. The summed E-state index contributed by atoms with van der Waals surface area (Å²) in [4.78, 5) is 12.9. The Kier molecular flexibility index (Phi) is 8.71. The molecule has 0 spiro atoms. The number of nitrogens with one attached hydrogen (secondary N) is 2. The largest absolute Gasteiger partial charge is 0.416 e. The molecular formula is C25H33F4N5O. The minimum atomic E-state index is -4.36. The molecule has 1 atom stereocenters. The SMILES string of the molecule is CC.CNCCC1(C)CO1.Fc1c[nH]c2ncnc(N(Cc3ccc(C(F)(F)F)cc3)C3CC3)c12. The monoisotopic (exact) mass is 495 g/mol. The van der Waals surface area contributed by atoms with Gasteiger partial charge in [-0.2, -0.15) is 13.2 Å². The van der Waals surface area contributed by atoms with Crippen LogP contribution in [0.3, 0.4) is 0 Å². The molecule has 2 aliphatic rings. The Morgan fingerprint density at radius 2 is 1.83 bits per heavy atom. The van der Waals surface area contributed by atoms with E-state index in [-0.39, 0.29) is 11.6 Å². The molecule has 2 aromatic heterocycles. The minimum absolute atomic E-state index is 0.203. The third kappa shape index (κ3) is 7.14. The summed E-state index contributed by atoms with van der Waals surface area (Å²) in [5.41, 5.74) is 0.668. The number of rotatable bonds is 7. The Labute approximate surface area is 203 Å². The minimum Gasteiger partial charge on any atom is -0.370 e. The molecule has 6 nitrogen and oxygen atoms in total. The van der Waals surface area contributed by atoms with Crippen molar-refractivity contribution in [1.82, 2.24) is 20.3 Å². The second-order valence-corrected chi connectivity index (χ2v) is 8.70. The highest BCUT2D eigenvalue weighted by atomic mass is 19.4. The van der Waals surface area contributed by atoms with Crippen LogP contribution < -0.4 is 10.2 Å². The highest BCUT2D eigenvalue weighted by molar-refractivity contribution is 5.88. The van der Waals surface area contributed by atoms with E-state index in [9.17, 15) is 17.6 Å². The van der Waals surface area contributed by atoms with E-state index in [1.165, 1.54) is 24.7 Å². The first-order chi connectivity index (χ1) is 16.7. The molecule has 1 aliphatic heterocycles. The van der Waals surface area contributed by atoms with Crippen LogP contribution in [-0.4, -0.2) is 46.8 Å². The third-order valence-electron chi connectivity index (χ3n) is 5.84. The lowest BCUT2D eigenvalue weighted by molar-refractivity contribution is -0.137. The zero-order valence-corrected chi connectivity index (χ0v) is 20.5. The molecule has 3 heterocycles.